The smallest absolute Gasteiger partial charge is 0.219 e. The number of thiophene rings is 1. The van der Waals surface area contributed by atoms with Crippen molar-refractivity contribution in [3.8, 4) is 0 Å². The van der Waals surface area contributed by atoms with Gasteiger partial charge in [0.2, 0.25) is 5.91 Å². The Morgan fingerprint density at radius 1 is 1.41 bits per heavy atom. The molecule has 0 saturated carbocycles. The number of carbonyl (C=O) groups excluding carboxylic acids is 1. The molecule has 2 rings (SSSR count). The summed E-state index contributed by atoms with van der Waals surface area (Å²) in [7, 11) is 0. The van der Waals surface area contributed by atoms with Gasteiger partial charge in [-0.1, -0.05) is 25.1 Å². The second kappa shape index (κ2) is 5.32. The van der Waals surface area contributed by atoms with Gasteiger partial charge in [0.25, 0.3) is 0 Å². The number of hydrogen-bond donors (Lipinski definition) is 1. The molecular weight excluding hydrogens is 230 g/mol. The number of carbonyl (C=O) groups is 1. The Morgan fingerprint density at radius 2 is 2.18 bits per heavy atom. The Morgan fingerprint density at radius 3 is 2.94 bits per heavy atom. The molecule has 0 aliphatic carbocycles. The van der Waals surface area contributed by atoms with Crippen molar-refractivity contribution in [2.45, 2.75) is 32.7 Å². The van der Waals surface area contributed by atoms with Gasteiger partial charge >= 0.3 is 0 Å². The zero-order valence-electron chi connectivity index (χ0n) is 10.2. The first kappa shape index (κ1) is 12.1. The zero-order chi connectivity index (χ0) is 12.3. The van der Waals surface area contributed by atoms with Crippen LogP contribution >= 0.6 is 11.3 Å². The number of amides is 1. The summed E-state index contributed by atoms with van der Waals surface area (Å²) in [6.45, 7) is 3.93. The van der Waals surface area contributed by atoms with E-state index in [2.05, 4.69) is 41.9 Å². The highest BCUT2D eigenvalue weighted by atomic mass is 32.1. The molecule has 1 unspecified atom stereocenters. The summed E-state index contributed by atoms with van der Waals surface area (Å²) in [4.78, 5) is 11.3. The van der Waals surface area contributed by atoms with E-state index >= 15 is 0 Å². The lowest BCUT2D eigenvalue weighted by molar-refractivity contribution is -0.121. The van der Waals surface area contributed by atoms with Crippen LogP contribution in [-0.2, 0) is 11.2 Å². The van der Waals surface area contributed by atoms with Gasteiger partial charge in [0, 0.05) is 17.2 Å². The molecule has 1 atom stereocenters. The van der Waals surface area contributed by atoms with Crippen LogP contribution in [0.3, 0.4) is 0 Å². The number of rotatable bonds is 4. The highest BCUT2D eigenvalue weighted by Gasteiger charge is 2.09. The molecule has 1 N–H and O–H groups in total. The van der Waals surface area contributed by atoms with Crippen LogP contribution in [0.25, 0.3) is 10.1 Å². The third-order valence-electron chi connectivity index (χ3n) is 2.82. The maximum absolute atomic E-state index is 11.3. The summed E-state index contributed by atoms with van der Waals surface area (Å²) >= 11 is 1.77. The van der Waals surface area contributed by atoms with E-state index in [1.165, 1.54) is 15.6 Å². The standard InChI is InChI=1S/C14H17NOS/c1-3-14(16)15-10(2)8-11-9-17-13-7-5-4-6-12(11)13/h4-7,9-10H,3,8H2,1-2H3,(H,15,16). The Hall–Kier alpha value is -1.35. The van der Waals surface area contributed by atoms with E-state index in [4.69, 9.17) is 0 Å². The summed E-state index contributed by atoms with van der Waals surface area (Å²) in [5.74, 6) is 0.122. The van der Waals surface area contributed by atoms with Gasteiger partial charge in [-0.25, -0.2) is 0 Å². The van der Waals surface area contributed by atoms with Crippen molar-refractivity contribution < 1.29 is 4.79 Å². The Labute approximate surface area is 106 Å². The van der Waals surface area contributed by atoms with Gasteiger partial charge < -0.3 is 5.32 Å². The van der Waals surface area contributed by atoms with Crippen LogP contribution in [0.15, 0.2) is 29.6 Å². The molecule has 1 aromatic carbocycles. The zero-order valence-corrected chi connectivity index (χ0v) is 11.0. The van der Waals surface area contributed by atoms with Crippen LogP contribution in [0.2, 0.25) is 0 Å². The molecule has 2 nitrogen and oxygen atoms in total. The SMILES string of the molecule is CCC(=O)NC(C)Cc1csc2ccccc12. The van der Waals surface area contributed by atoms with Crippen molar-refractivity contribution in [2.75, 3.05) is 0 Å². The number of hydrogen-bond acceptors (Lipinski definition) is 2. The molecular formula is C14H17NOS. The van der Waals surface area contributed by atoms with Crippen molar-refractivity contribution in [3.05, 3.63) is 35.2 Å². The van der Waals surface area contributed by atoms with Crippen LogP contribution in [0.5, 0.6) is 0 Å². The predicted molar refractivity (Wildman–Crippen MR) is 73.4 cm³/mol. The van der Waals surface area contributed by atoms with Crippen molar-refractivity contribution in [2.24, 2.45) is 0 Å². The van der Waals surface area contributed by atoms with Crippen LogP contribution in [0.1, 0.15) is 25.8 Å². The van der Waals surface area contributed by atoms with E-state index < -0.39 is 0 Å². The first-order valence-electron chi connectivity index (χ1n) is 5.95. The Balaban J connectivity index is 2.10. The van der Waals surface area contributed by atoms with E-state index in [1.54, 1.807) is 11.3 Å². The minimum absolute atomic E-state index is 0.122. The second-order valence-corrected chi connectivity index (χ2v) is 5.19. The number of nitrogens with one attached hydrogen (secondary N) is 1. The third-order valence-corrected chi connectivity index (χ3v) is 3.83. The Bertz CT molecular complexity index is 518. The molecule has 0 fully saturated rings. The Kier molecular flexibility index (Phi) is 3.79. The van der Waals surface area contributed by atoms with Gasteiger partial charge in [0.1, 0.15) is 0 Å². The normalized spacial score (nSPS) is 12.6. The van der Waals surface area contributed by atoms with Crippen molar-refractivity contribution in [3.63, 3.8) is 0 Å². The van der Waals surface area contributed by atoms with E-state index in [-0.39, 0.29) is 11.9 Å². The number of fused-ring (bicyclic) bond motifs is 1. The fourth-order valence-electron chi connectivity index (χ4n) is 1.95. The first-order chi connectivity index (χ1) is 8.20. The molecule has 3 heteroatoms. The minimum atomic E-state index is 0.122. The van der Waals surface area contributed by atoms with Crippen LogP contribution in [0.4, 0.5) is 0 Å². The molecule has 1 amide bonds. The summed E-state index contributed by atoms with van der Waals surface area (Å²) in [6, 6.07) is 8.60. The average Bonchev–Trinajstić information content (AvgIpc) is 2.72. The summed E-state index contributed by atoms with van der Waals surface area (Å²) in [5, 5.41) is 6.51. The first-order valence-corrected chi connectivity index (χ1v) is 6.83. The lowest BCUT2D eigenvalue weighted by atomic mass is 10.1. The number of benzene rings is 1. The van der Waals surface area contributed by atoms with E-state index in [0.717, 1.165) is 6.42 Å². The molecule has 0 aliphatic heterocycles. The molecule has 17 heavy (non-hydrogen) atoms. The van der Waals surface area contributed by atoms with E-state index in [0.29, 0.717) is 6.42 Å². The molecule has 0 saturated heterocycles. The molecule has 1 aromatic heterocycles. The second-order valence-electron chi connectivity index (χ2n) is 4.28. The van der Waals surface area contributed by atoms with E-state index in [9.17, 15) is 4.79 Å². The van der Waals surface area contributed by atoms with Gasteiger partial charge in [-0.3, -0.25) is 4.79 Å². The fraction of sp³-hybridized carbons (Fsp3) is 0.357. The summed E-state index contributed by atoms with van der Waals surface area (Å²) in [5.41, 5.74) is 1.33. The monoisotopic (exact) mass is 247 g/mol. The highest BCUT2D eigenvalue weighted by molar-refractivity contribution is 7.17. The fourth-order valence-corrected chi connectivity index (χ4v) is 2.92. The van der Waals surface area contributed by atoms with Crippen LogP contribution in [-0.4, -0.2) is 11.9 Å². The van der Waals surface area contributed by atoms with Crippen molar-refractivity contribution in [1.82, 2.24) is 5.32 Å². The largest absolute Gasteiger partial charge is 0.353 e. The highest BCUT2D eigenvalue weighted by Crippen LogP contribution is 2.26. The lowest BCUT2D eigenvalue weighted by Gasteiger charge is -2.12. The quantitative estimate of drug-likeness (QED) is 0.882. The van der Waals surface area contributed by atoms with Crippen molar-refractivity contribution in [1.29, 1.82) is 0 Å². The predicted octanol–water partition coefficient (Wildman–Crippen LogP) is 3.36. The van der Waals surface area contributed by atoms with Gasteiger partial charge in [0.05, 0.1) is 0 Å². The molecule has 2 aromatic rings. The molecule has 90 valence electrons. The van der Waals surface area contributed by atoms with Gasteiger partial charge in [-0.15, -0.1) is 11.3 Å². The molecule has 0 radical (unpaired) electrons. The molecule has 0 aliphatic rings. The average molecular weight is 247 g/mol. The maximum Gasteiger partial charge on any atom is 0.219 e. The summed E-state index contributed by atoms with van der Waals surface area (Å²) < 4.78 is 1.32. The summed E-state index contributed by atoms with van der Waals surface area (Å²) in [6.07, 6.45) is 1.45. The van der Waals surface area contributed by atoms with Crippen LogP contribution in [0, 0.1) is 0 Å². The van der Waals surface area contributed by atoms with Gasteiger partial charge in [-0.2, -0.15) is 0 Å². The van der Waals surface area contributed by atoms with E-state index in [1.807, 2.05) is 6.92 Å². The molecule has 0 spiro atoms. The lowest BCUT2D eigenvalue weighted by Crippen LogP contribution is -2.33. The minimum Gasteiger partial charge on any atom is -0.353 e. The van der Waals surface area contributed by atoms with Crippen molar-refractivity contribution >= 4 is 27.3 Å². The maximum atomic E-state index is 11.3. The van der Waals surface area contributed by atoms with Gasteiger partial charge in [0.15, 0.2) is 0 Å². The van der Waals surface area contributed by atoms with Crippen LogP contribution < -0.4 is 5.32 Å². The molecule has 0 bridgehead atoms. The van der Waals surface area contributed by atoms with Gasteiger partial charge in [-0.05, 0) is 35.7 Å². The topological polar surface area (TPSA) is 29.1 Å². The third kappa shape index (κ3) is 2.86. The molecule has 1 heterocycles.